The smallest absolute Gasteiger partial charge is 0.242 e. The molecule has 104 valence electrons. The fourth-order valence-electron chi connectivity index (χ4n) is 1.77. The number of nitrogens with zero attached hydrogens (tertiary/aromatic N) is 1. The lowest BCUT2D eigenvalue weighted by Crippen LogP contribution is -2.46. The summed E-state index contributed by atoms with van der Waals surface area (Å²) in [5.74, 6) is -0.277. The Labute approximate surface area is 118 Å². The van der Waals surface area contributed by atoms with E-state index in [1.165, 1.54) is 11.8 Å². The van der Waals surface area contributed by atoms with Crippen molar-refractivity contribution in [1.29, 1.82) is 0 Å². The molecule has 5 heteroatoms. The average Bonchev–Trinajstić information content (AvgIpc) is 2.37. The van der Waals surface area contributed by atoms with Crippen LogP contribution in [0.25, 0.3) is 0 Å². The first-order chi connectivity index (χ1) is 8.95. The third-order valence-electron chi connectivity index (χ3n) is 2.87. The summed E-state index contributed by atoms with van der Waals surface area (Å²) in [5.41, 5.74) is 0.941. The van der Waals surface area contributed by atoms with Crippen molar-refractivity contribution in [2.75, 3.05) is 6.54 Å². The number of likely N-dealkylation sites (N-methyl/N-ethyl adjacent to an activating group) is 1. The zero-order chi connectivity index (χ0) is 14.4. The van der Waals surface area contributed by atoms with Gasteiger partial charge in [0.05, 0.1) is 0 Å². The highest BCUT2D eigenvalue weighted by Gasteiger charge is 2.23. The fraction of sp³-hybridized carbons (Fsp3) is 0.429. The Bertz CT molecular complexity index is 445. The van der Waals surface area contributed by atoms with Crippen molar-refractivity contribution in [1.82, 2.24) is 10.2 Å². The second-order valence-electron chi connectivity index (χ2n) is 4.34. The molecule has 1 aromatic carbocycles. The van der Waals surface area contributed by atoms with Crippen molar-refractivity contribution < 1.29 is 9.59 Å². The fourth-order valence-corrected chi connectivity index (χ4v) is 1.90. The standard InChI is InChI=1S/C14H19ClN2O2/c1-4-16-14(19)10(2)17(11(3)18)9-12-5-7-13(15)8-6-12/h5-8,10H,4,9H2,1-3H3,(H,16,19)/t10-/m0/s1. The molecule has 0 aliphatic carbocycles. The van der Waals surface area contributed by atoms with Gasteiger partial charge in [0, 0.05) is 25.0 Å². The summed E-state index contributed by atoms with van der Waals surface area (Å²) in [5, 5.41) is 3.37. The monoisotopic (exact) mass is 282 g/mol. The van der Waals surface area contributed by atoms with Crippen molar-refractivity contribution in [3.05, 3.63) is 34.9 Å². The van der Waals surface area contributed by atoms with Crippen LogP contribution >= 0.6 is 11.6 Å². The van der Waals surface area contributed by atoms with E-state index in [9.17, 15) is 9.59 Å². The minimum Gasteiger partial charge on any atom is -0.355 e. The van der Waals surface area contributed by atoms with E-state index in [0.717, 1.165) is 5.56 Å². The molecule has 0 fully saturated rings. The number of hydrogen-bond acceptors (Lipinski definition) is 2. The lowest BCUT2D eigenvalue weighted by Gasteiger charge is -2.27. The van der Waals surface area contributed by atoms with Crippen molar-refractivity contribution in [3.63, 3.8) is 0 Å². The predicted molar refractivity (Wildman–Crippen MR) is 75.8 cm³/mol. The third kappa shape index (κ3) is 4.56. The van der Waals surface area contributed by atoms with Crippen molar-refractivity contribution in [3.8, 4) is 0 Å². The van der Waals surface area contributed by atoms with Gasteiger partial charge < -0.3 is 10.2 Å². The van der Waals surface area contributed by atoms with Gasteiger partial charge in [-0.05, 0) is 31.5 Å². The van der Waals surface area contributed by atoms with Crippen LogP contribution in [0.2, 0.25) is 5.02 Å². The first kappa shape index (κ1) is 15.5. The Balaban J connectivity index is 2.80. The van der Waals surface area contributed by atoms with Crippen LogP contribution in [0.5, 0.6) is 0 Å². The molecule has 0 saturated heterocycles. The van der Waals surface area contributed by atoms with Gasteiger partial charge in [-0.15, -0.1) is 0 Å². The molecule has 0 bridgehead atoms. The Hall–Kier alpha value is -1.55. The second kappa shape index (κ2) is 7.14. The van der Waals surface area contributed by atoms with Gasteiger partial charge in [-0.1, -0.05) is 23.7 Å². The molecule has 1 N–H and O–H groups in total. The molecule has 2 amide bonds. The molecular formula is C14H19ClN2O2. The molecular weight excluding hydrogens is 264 g/mol. The highest BCUT2D eigenvalue weighted by molar-refractivity contribution is 6.30. The normalized spacial score (nSPS) is 11.8. The molecule has 1 rings (SSSR count). The SMILES string of the molecule is CCNC(=O)[C@H](C)N(Cc1ccc(Cl)cc1)C(C)=O. The number of amides is 2. The van der Waals surface area contributed by atoms with Crippen LogP contribution in [-0.4, -0.2) is 29.3 Å². The van der Waals surface area contributed by atoms with E-state index in [1.54, 1.807) is 19.1 Å². The number of carbonyl (C=O) groups is 2. The first-order valence-corrected chi connectivity index (χ1v) is 6.62. The maximum absolute atomic E-state index is 11.8. The van der Waals surface area contributed by atoms with Gasteiger partial charge >= 0.3 is 0 Å². The largest absolute Gasteiger partial charge is 0.355 e. The number of halogens is 1. The summed E-state index contributed by atoms with van der Waals surface area (Å²) in [4.78, 5) is 25.0. The van der Waals surface area contributed by atoms with Crippen LogP contribution < -0.4 is 5.32 Å². The van der Waals surface area contributed by atoms with Gasteiger partial charge in [-0.3, -0.25) is 9.59 Å². The van der Waals surface area contributed by atoms with Crippen LogP contribution in [0.4, 0.5) is 0 Å². The third-order valence-corrected chi connectivity index (χ3v) is 3.12. The van der Waals surface area contributed by atoms with Crippen LogP contribution in [0, 0.1) is 0 Å². The Morgan fingerprint density at radius 1 is 1.32 bits per heavy atom. The summed E-state index contributed by atoms with van der Waals surface area (Å²) in [6.45, 7) is 5.98. The number of hydrogen-bond donors (Lipinski definition) is 1. The average molecular weight is 283 g/mol. The van der Waals surface area contributed by atoms with E-state index in [4.69, 9.17) is 11.6 Å². The predicted octanol–water partition coefficient (Wildman–Crippen LogP) is 2.21. The van der Waals surface area contributed by atoms with E-state index in [0.29, 0.717) is 18.1 Å². The molecule has 0 spiro atoms. The first-order valence-electron chi connectivity index (χ1n) is 6.25. The molecule has 0 saturated carbocycles. The van der Waals surface area contributed by atoms with Gasteiger partial charge in [0.2, 0.25) is 11.8 Å². The summed E-state index contributed by atoms with van der Waals surface area (Å²) >= 11 is 5.82. The minimum absolute atomic E-state index is 0.131. The summed E-state index contributed by atoms with van der Waals surface area (Å²) in [6.07, 6.45) is 0. The minimum atomic E-state index is -0.492. The Morgan fingerprint density at radius 2 is 1.89 bits per heavy atom. The number of benzene rings is 1. The molecule has 1 aromatic rings. The molecule has 0 aliphatic heterocycles. The topological polar surface area (TPSA) is 49.4 Å². The van der Waals surface area contributed by atoms with Crippen LogP contribution in [-0.2, 0) is 16.1 Å². The number of nitrogens with one attached hydrogen (secondary N) is 1. The van der Waals surface area contributed by atoms with E-state index in [-0.39, 0.29) is 11.8 Å². The molecule has 0 radical (unpaired) electrons. The van der Waals surface area contributed by atoms with Gasteiger partial charge in [0.25, 0.3) is 0 Å². The molecule has 0 aromatic heterocycles. The molecule has 0 heterocycles. The summed E-state index contributed by atoms with van der Waals surface area (Å²) in [7, 11) is 0. The second-order valence-corrected chi connectivity index (χ2v) is 4.78. The highest BCUT2D eigenvalue weighted by atomic mass is 35.5. The molecule has 19 heavy (non-hydrogen) atoms. The van der Waals surface area contributed by atoms with Gasteiger partial charge in [0.1, 0.15) is 6.04 Å². The lowest BCUT2D eigenvalue weighted by atomic mass is 10.1. The summed E-state index contributed by atoms with van der Waals surface area (Å²) < 4.78 is 0. The highest BCUT2D eigenvalue weighted by Crippen LogP contribution is 2.13. The maximum Gasteiger partial charge on any atom is 0.242 e. The van der Waals surface area contributed by atoms with Crippen molar-refractivity contribution in [2.45, 2.75) is 33.4 Å². The van der Waals surface area contributed by atoms with E-state index in [2.05, 4.69) is 5.32 Å². The molecule has 0 aliphatic rings. The number of rotatable bonds is 5. The van der Waals surface area contributed by atoms with Gasteiger partial charge in [0.15, 0.2) is 0 Å². The van der Waals surface area contributed by atoms with E-state index < -0.39 is 6.04 Å². The maximum atomic E-state index is 11.8. The van der Waals surface area contributed by atoms with E-state index in [1.807, 2.05) is 19.1 Å². The quantitative estimate of drug-likeness (QED) is 0.900. The zero-order valence-electron chi connectivity index (χ0n) is 11.4. The van der Waals surface area contributed by atoms with Gasteiger partial charge in [-0.2, -0.15) is 0 Å². The molecule has 1 atom stereocenters. The van der Waals surface area contributed by atoms with Crippen LogP contribution in [0.3, 0.4) is 0 Å². The number of carbonyl (C=O) groups excluding carboxylic acids is 2. The Kier molecular flexibility index (Phi) is 5.83. The van der Waals surface area contributed by atoms with Crippen molar-refractivity contribution >= 4 is 23.4 Å². The van der Waals surface area contributed by atoms with E-state index >= 15 is 0 Å². The van der Waals surface area contributed by atoms with Gasteiger partial charge in [-0.25, -0.2) is 0 Å². The summed E-state index contributed by atoms with van der Waals surface area (Å²) in [6, 6.07) is 6.75. The lowest BCUT2D eigenvalue weighted by molar-refractivity contribution is -0.138. The molecule has 4 nitrogen and oxygen atoms in total. The zero-order valence-corrected chi connectivity index (χ0v) is 12.2. The molecule has 0 unspecified atom stereocenters. The van der Waals surface area contributed by atoms with Crippen LogP contribution in [0.1, 0.15) is 26.3 Å². The Morgan fingerprint density at radius 3 is 2.37 bits per heavy atom. The van der Waals surface area contributed by atoms with Crippen molar-refractivity contribution in [2.24, 2.45) is 0 Å². The van der Waals surface area contributed by atoms with Crippen LogP contribution in [0.15, 0.2) is 24.3 Å².